The molecule has 0 saturated carbocycles. The van der Waals surface area contributed by atoms with Crippen molar-refractivity contribution in [1.29, 1.82) is 0 Å². The van der Waals surface area contributed by atoms with E-state index in [1.54, 1.807) is 32.9 Å². The van der Waals surface area contributed by atoms with Gasteiger partial charge >= 0.3 is 0 Å². The molecule has 0 spiro atoms. The van der Waals surface area contributed by atoms with E-state index in [9.17, 15) is 21.6 Å². The smallest absolute Gasteiger partial charge is 0.255 e. The number of anilines is 1. The van der Waals surface area contributed by atoms with Gasteiger partial charge in [0.2, 0.25) is 20.0 Å². The summed E-state index contributed by atoms with van der Waals surface area (Å²) in [6.07, 6.45) is 0. The van der Waals surface area contributed by atoms with E-state index in [4.69, 9.17) is 11.6 Å². The lowest BCUT2D eigenvalue weighted by molar-refractivity contribution is 0.102. The quantitative estimate of drug-likeness (QED) is 0.615. The molecule has 11 heteroatoms. The minimum absolute atomic E-state index is 0.00631. The number of hydrogen-bond donors (Lipinski definition) is 1. The van der Waals surface area contributed by atoms with E-state index in [-0.39, 0.29) is 26.1 Å². The fourth-order valence-electron chi connectivity index (χ4n) is 2.90. The van der Waals surface area contributed by atoms with Crippen molar-refractivity contribution in [2.45, 2.75) is 30.6 Å². The van der Waals surface area contributed by atoms with Crippen LogP contribution in [0.2, 0.25) is 5.02 Å². The topological polar surface area (TPSA) is 104 Å². The molecule has 1 amide bonds. The van der Waals surface area contributed by atoms with E-state index in [0.29, 0.717) is 18.7 Å². The summed E-state index contributed by atoms with van der Waals surface area (Å²) in [5, 5.41) is 2.62. The van der Waals surface area contributed by atoms with E-state index in [0.717, 1.165) is 4.31 Å². The second kappa shape index (κ2) is 9.66. The Hall–Kier alpha value is -1.98. The van der Waals surface area contributed by atoms with Crippen LogP contribution in [0.15, 0.2) is 46.2 Å². The van der Waals surface area contributed by atoms with Gasteiger partial charge in [0.1, 0.15) is 4.90 Å². The van der Waals surface area contributed by atoms with Crippen molar-refractivity contribution in [3.63, 3.8) is 0 Å². The van der Waals surface area contributed by atoms with Crippen LogP contribution in [-0.4, -0.2) is 58.5 Å². The van der Waals surface area contributed by atoms with Crippen LogP contribution in [0.3, 0.4) is 0 Å². The van der Waals surface area contributed by atoms with Crippen LogP contribution in [0.25, 0.3) is 0 Å². The summed E-state index contributed by atoms with van der Waals surface area (Å²) in [5.41, 5.74) is 0.891. The summed E-state index contributed by atoms with van der Waals surface area (Å²) in [4.78, 5) is 12.6. The van der Waals surface area contributed by atoms with Crippen LogP contribution in [0, 0.1) is 6.92 Å². The van der Waals surface area contributed by atoms with Crippen molar-refractivity contribution in [3.05, 3.63) is 52.5 Å². The summed E-state index contributed by atoms with van der Waals surface area (Å²) >= 11 is 6.03. The first kappa shape index (κ1) is 25.3. The van der Waals surface area contributed by atoms with Crippen molar-refractivity contribution >= 4 is 43.2 Å². The first-order chi connectivity index (χ1) is 14.4. The zero-order chi connectivity index (χ0) is 23.6. The fourth-order valence-corrected chi connectivity index (χ4v) is 6.00. The molecule has 0 fully saturated rings. The van der Waals surface area contributed by atoms with E-state index in [1.807, 2.05) is 0 Å². The zero-order valence-electron chi connectivity index (χ0n) is 18.0. The molecule has 8 nitrogen and oxygen atoms in total. The number of hydrogen-bond acceptors (Lipinski definition) is 5. The van der Waals surface area contributed by atoms with Crippen LogP contribution < -0.4 is 5.32 Å². The summed E-state index contributed by atoms with van der Waals surface area (Å²) in [7, 11) is -4.84. The lowest BCUT2D eigenvalue weighted by Gasteiger charge is -2.20. The molecular weight excluding hydrogens is 462 g/mol. The van der Waals surface area contributed by atoms with E-state index in [1.165, 1.54) is 42.7 Å². The molecular formula is C20H26ClN3O5S2. The van der Waals surface area contributed by atoms with Gasteiger partial charge in [-0.3, -0.25) is 4.79 Å². The fraction of sp³-hybridized carbons (Fsp3) is 0.350. The van der Waals surface area contributed by atoms with Gasteiger partial charge in [0.15, 0.2) is 0 Å². The third-order valence-corrected chi connectivity index (χ3v) is 9.21. The normalized spacial score (nSPS) is 12.4. The number of halogens is 1. The van der Waals surface area contributed by atoms with Gasteiger partial charge in [0.05, 0.1) is 9.92 Å². The van der Waals surface area contributed by atoms with Crippen molar-refractivity contribution < 1.29 is 21.6 Å². The van der Waals surface area contributed by atoms with Gasteiger partial charge in [0, 0.05) is 38.4 Å². The molecule has 2 rings (SSSR count). The second-order valence-electron chi connectivity index (χ2n) is 6.96. The molecule has 0 aliphatic rings. The molecule has 31 heavy (non-hydrogen) atoms. The van der Waals surface area contributed by atoms with Crippen molar-refractivity contribution in [1.82, 2.24) is 8.61 Å². The van der Waals surface area contributed by atoms with Gasteiger partial charge in [0.25, 0.3) is 5.91 Å². The SMILES string of the molecule is CCN(CC)S(=O)(=O)c1cc(NC(=O)c2ccc(Cl)c(S(=O)(=O)N(C)C)c2)ccc1C. The minimum atomic E-state index is -3.85. The van der Waals surface area contributed by atoms with E-state index in [2.05, 4.69) is 5.32 Å². The standard InChI is InChI=1S/C20H26ClN3O5S2/c1-6-24(7-2)31(28,29)18-13-16(10-8-14(18)3)22-20(25)15-9-11-17(21)19(12-15)30(26,27)23(4)5/h8-13H,6-7H2,1-5H3,(H,22,25). The van der Waals surface area contributed by atoms with Gasteiger partial charge in [-0.2, -0.15) is 4.31 Å². The minimum Gasteiger partial charge on any atom is -0.322 e. The number of sulfonamides is 2. The molecule has 0 atom stereocenters. The van der Waals surface area contributed by atoms with Gasteiger partial charge in [-0.1, -0.05) is 31.5 Å². The average molecular weight is 488 g/mol. The average Bonchev–Trinajstić information content (AvgIpc) is 2.70. The van der Waals surface area contributed by atoms with Crippen LogP contribution in [-0.2, 0) is 20.0 Å². The van der Waals surface area contributed by atoms with Gasteiger partial charge in [-0.15, -0.1) is 0 Å². The number of nitrogens with zero attached hydrogens (tertiary/aromatic N) is 2. The van der Waals surface area contributed by atoms with Crippen molar-refractivity contribution in [3.8, 4) is 0 Å². The number of nitrogens with one attached hydrogen (secondary N) is 1. The number of aryl methyl sites for hydroxylation is 1. The zero-order valence-corrected chi connectivity index (χ0v) is 20.4. The molecule has 0 bridgehead atoms. The van der Waals surface area contributed by atoms with Crippen LogP contribution in [0.1, 0.15) is 29.8 Å². The van der Waals surface area contributed by atoms with Crippen LogP contribution in [0.5, 0.6) is 0 Å². The first-order valence-corrected chi connectivity index (χ1v) is 12.8. The Morgan fingerprint density at radius 2 is 1.55 bits per heavy atom. The number of carbonyl (C=O) groups is 1. The monoisotopic (exact) mass is 487 g/mol. The molecule has 0 unspecified atom stereocenters. The lowest BCUT2D eigenvalue weighted by Crippen LogP contribution is -2.31. The van der Waals surface area contributed by atoms with Crippen LogP contribution >= 0.6 is 11.6 Å². The van der Waals surface area contributed by atoms with E-state index < -0.39 is 26.0 Å². The highest BCUT2D eigenvalue weighted by atomic mass is 35.5. The third kappa shape index (κ3) is 5.27. The number of rotatable bonds is 8. The Kier molecular flexibility index (Phi) is 7.88. The predicted octanol–water partition coefficient (Wildman–Crippen LogP) is 3.18. The number of benzene rings is 2. The summed E-state index contributed by atoms with van der Waals surface area (Å²) in [6, 6.07) is 8.51. The lowest BCUT2D eigenvalue weighted by atomic mass is 10.2. The Morgan fingerprint density at radius 1 is 0.935 bits per heavy atom. The molecule has 0 saturated heterocycles. The Labute approximate surface area is 188 Å². The highest BCUT2D eigenvalue weighted by Crippen LogP contribution is 2.27. The first-order valence-electron chi connectivity index (χ1n) is 9.50. The van der Waals surface area contributed by atoms with E-state index >= 15 is 0 Å². The van der Waals surface area contributed by atoms with Gasteiger partial charge in [-0.05, 0) is 42.8 Å². The van der Waals surface area contributed by atoms with Crippen LogP contribution in [0.4, 0.5) is 5.69 Å². The number of carbonyl (C=O) groups excluding carboxylic acids is 1. The third-order valence-electron chi connectivity index (χ3n) is 4.72. The summed E-state index contributed by atoms with van der Waals surface area (Å²) in [5.74, 6) is -0.595. The Balaban J connectivity index is 2.42. The molecule has 0 radical (unpaired) electrons. The second-order valence-corrected chi connectivity index (χ2v) is 11.4. The maximum atomic E-state index is 12.9. The molecule has 170 valence electrons. The van der Waals surface area contributed by atoms with Gasteiger partial charge < -0.3 is 5.32 Å². The number of amides is 1. The molecule has 0 heterocycles. The molecule has 2 aromatic carbocycles. The van der Waals surface area contributed by atoms with Crippen molar-refractivity contribution in [2.24, 2.45) is 0 Å². The molecule has 2 aromatic rings. The highest BCUT2D eigenvalue weighted by molar-refractivity contribution is 7.89. The molecule has 0 aliphatic heterocycles. The molecule has 1 N–H and O–H groups in total. The molecule has 0 aliphatic carbocycles. The summed E-state index contributed by atoms with van der Waals surface area (Å²) < 4.78 is 53.0. The molecule has 0 aromatic heterocycles. The van der Waals surface area contributed by atoms with Crippen molar-refractivity contribution in [2.75, 3.05) is 32.5 Å². The maximum absolute atomic E-state index is 12.9. The Bertz CT molecular complexity index is 1190. The largest absolute Gasteiger partial charge is 0.322 e. The Morgan fingerprint density at radius 3 is 2.10 bits per heavy atom. The predicted molar refractivity (Wildman–Crippen MR) is 122 cm³/mol. The summed E-state index contributed by atoms with van der Waals surface area (Å²) in [6.45, 7) is 5.83. The highest BCUT2D eigenvalue weighted by Gasteiger charge is 2.25. The van der Waals surface area contributed by atoms with Gasteiger partial charge in [-0.25, -0.2) is 21.1 Å². The maximum Gasteiger partial charge on any atom is 0.255 e.